The van der Waals surface area contributed by atoms with E-state index in [1.54, 1.807) is 34.6 Å². The van der Waals surface area contributed by atoms with E-state index in [4.69, 9.17) is 4.74 Å². The Morgan fingerprint density at radius 2 is 1.84 bits per heavy atom. The summed E-state index contributed by atoms with van der Waals surface area (Å²) in [4.78, 5) is 21.3. The molecule has 196 valence electrons. The number of benzene rings is 1. The van der Waals surface area contributed by atoms with Gasteiger partial charge in [-0.05, 0) is 48.5 Å². The summed E-state index contributed by atoms with van der Waals surface area (Å²) < 4.78 is 61.8. The quantitative estimate of drug-likeness (QED) is 0.396. The Hall–Kier alpha value is -3.94. The molecule has 1 unspecified atom stereocenters. The normalized spacial score (nSPS) is 15.2. The molecule has 3 aromatic heterocycles. The molecule has 13 heteroatoms. The number of hydrogen-bond donors (Lipinski definition) is 1. The fourth-order valence-corrected chi connectivity index (χ4v) is 5.02. The molecule has 1 aliphatic heterocycles. The largest absolute Gasteiger partial charge is 0.433 e. The zero-order chi connectivity index (χ0) is 26.7. The first kappa shape index (κ1) is 25.7. The van der Waals surface area contributed by atoms with Crippen molar-refractivity contribution < 1.29 is 26.9 Å². The van der Waals surface area contributed by atoms with Crippen LogP contribution in [0.4, 0.5) is 19.0 Å². The van der Waals surface area contributed by atoms with Crippen LogP contribution in [0.3, 0.4) is 0 Å². The van der Waals surface area contributed by atoms with Gasteiger partial charge in [0.05, 0.1) is 35.7 Å². The van der Waals surface area contributed by atoms with E-state index in [-0.39, 0.29) is 22.8 Å². The average molecular weight is 543 g/mol. The summed E-state index contributed by atoms with van der Waals surface area (Å²) in [6.07, 6.45) is -0.529. The molecule has 1 amide bonds. The van der Waals surface area contributed by atoms with E-state index in [2.05, 4.69) is 20.4 Å². The number of amides is 1. The highest BCUT2D eigenvalue weighted by Gasteiger charge is 2.36. The smallest absolute Gasteiger partial charge is 0.379 e. The Labute approximate surface area is 217 Å². The number of morpholine rings is 1. The van der Waals surface area contributed by atoms with Crippen molar-refractivity contribution in [3.05, 3.63) is 84.4 Å². The summed E-state index contributed by atoms with van der Waals surface area (Å²) >= 11 is 0. The highest BCUT2D eigenvalue weighted by atomic mass is 32.2. The summed E-state index contributed by atoms with van der Waals surface area (Å²) in [7, 11) is -1.44. The van der Waals surface area contributed by atoms with Gasteiger partial charge in [-0.3, -0.25) is 9.78 Å². The number of ether oxygens (including phenoxy) is 1. The number of carbonyl (C=O) groups excluding carboxylic acids is 1. The van der Waals surface area contributed by atoms with Crippen molar-refractivity contribution in [3.8, 4) is 16.9 Å². The Balaban J connectivity index is 1.34. The minimum atomic E-state index is -4.66. The number of nitrogens with one attached hydrogen (secondary N) is 1. The zero-order valence-corrected chi connectivity index (χ0v) is 20.6. The van der Waals surface area contributed by atoms with E-state index < -0.39 is 28.8 Å². The lowest BCUT2D eigenvalue weighted by atomic mass is 10.2. The number of hydrogen-bond acceptors (Lipinski definition) is 6. The Morgan fingerprint density at radius 1 is 1.03 bits per heavy atom. The number of rotatable bonds is 6. The molecule has 0 spiro atoms. The van der Waals surface area contributed by atoms with Crippen molar-refractivity contribution in [2.75, 3.05) is 31.6 Å². The topological polar surface area (TPSA) is 102 Å². The van der Waals surface area contributed by atoms with E-state index in [9.17, 15) is 22.2 Å². The SMILES string of the molecule is O=C(Nc1ccc(-n2nc(-c3cccnc3)cc2C(F)(F)F)cn1)c1cccc(S(=O)N2CCOCC2)c1. The van der Waals surface area contributed by atoms with Crippen molar-refractivity contribution in [2.45, 2.75) is 11.1 Å². The fourth-order valence-electron chi connectivity index (χ4n) is 3.82. The van der Waals surface area contributed by atoms with Crippen LogP contribution in [0.25, 0.3) is 16.9 Å². The van der Waals surface area contributed by atoms with Crippen LogP contribution in [0, 0.1) is 0 Å². The number of halogens is 3. The molecule has 0 aliphatic carbocycles. The zero-order valence-electron chi connectivity index (χ0n) is 19.8. The maximum Gasteiger partial charge on any atom is 0.433 e. The highest BCUT2D eigenvalue weighted by Crippen LogP contribution is 2.34. The summed E-state index contributed by atoms with van der Waals surface area (Å²) in [5.74, 6) is -0.369. The molecule has 1 N–H and O–H groups in total. The molecule has 38 heavy (non-hydrogen) atoms. The lowest BCUT2D eigenvalue weighted by Gasteiger charge is -2.25. The predicted molar refractivity (Wildman–Crippen MR) is 133 cm³/mol. The van der Waals surface area contributed by atoms with E-state index in [1.165, 1.54) is 36.8 Å². The molecule has 0 saturated carbocycles. The monoisotopic (exact) mass is 542 g/mol. The summed E-state index contributed by atoms with van der Waals surface area (Å²) in [6.45, 7) is 2.02. The van der Waals surface area contributed by atoms with Crippen LogP contribution >= 0.6 is 0 Å². The molecule has 1 aromatic carbocycles. The third-order valence-corrected chi connectivity index (χ3v) is 7.18. The molecule has 0 bridgehead atoms. The van der Waals surface area contributed by atoms with Crippen LogP contribution < -0.4 is 5.32 Å². The maximum atomic E-state index is 13.7. The molecule has 5 rings (SSSR count). The highest BCUT2D eigenvalue weighted by molar-refractivity contribution is 7.82. The summed E-state index contributed by atoms with van der Waals surface area (Å²) in [5, 5.41) is 6.72. The summed E-state index contributed by atoms with van der Waals surface area (Å²) in [5.41, 5.74) is -0.0987. The van der Waals surface area contributed by atoms with Crippen LogP contribution in [0.15, 0.2) is 78.1 Å². The average Bonchev–Trinajstić information content (AvgIpc) is 3.41. The van der Waals surface area contributed by atoms with Gasteiger partial charge in [-0.2, -0.15) is 18.3 Å². The maximum absolute atomic E-state index is 13.7. The van der Waals surface area contributed by atoms with E-state index >= 15 is 0 Å². The van der Waals surface area contributed by atoms with Crippen LogP contribution in [0.1, 0.15) is 16.1 Å². The molecule has 1 fully saturated rings. The second-order valence-corrected chi connectivity index (χ2v) is 9.73. The van der Waals surface area contributed by atoms with Crippen molar-refractivity contribution in [3.63, 3.8) is 0 Å². The van der Waals surface area contributed by atoms with Crippen LogP contribution in [-0.2, 0) is 21.9 Å². The predicted octanol–water partition coefficient (Wildman–Crippen LogP) is 3.96. The van der Waals surface area contributed by atoms with E-state index in [0.717, 1.165) is 10.7 Å². The molecule has 0 radical (unpaired) electrons. The molecule has 1 aliphatic rings. The lowest BCUT2D eigenvalue weighted by Crippen LogP contribution is -2.37. The molecule has 1 saturated heterocycles. The standard InChI is InChI=1S/C25H21F3N6O3S/c26-25(27,28)22-14-21(18-4-2-8-29-15-18)32-34(22)19-6-7-23(30-16-19)31-24(35)17-3-1-5-20(13-17)38(36)33-9-11-37-12-10-33/h1-8,13-16H,9-12H2,(H,30,31,35). The Bertz CT molecular complexity index is 1460. The minimum absolute atomic E-state index is 0.0633. The Kier molecular flexibility index (Phi) is 7.31. The van der Waals surface area contributed by atoms with Gasteiger partial charge in [0.2, 0.25) is 0 Å². The van der Waals surface area contributed by atoms with Gasteiger partial charge in [0.25, 0.3) is 5.91 Å². The van der Waals surface area contributed by atoms with Crippen LogP contribution in [-0.4, -0.2) is 60.5 Å². The number of alkyl halides is 3. The van der Waals surface area contributed by atoms with Gasteiger partial charge in [0.1, 0.15) is 22.5 Å². The minimum Gasteiger partial charge on any atom is -0.379 e. The number of nitrogens with zero attached hydrogens (tertiary/aromatic N) is 5. The molecule has 1 atom stereocenters. The van der Waals surface area contributed by atoms with Crippen molar-refractivity contribution in [1.82, 2.24) is 24.1 Å². The molecule has 4 heterocycles. The van der Waals surface area contributed by atoms with Gasteiger partial charge in [0, 0.05) is 36.6 Å². The first-order valence-corrected chi connectivity index (χ1v) is 12.6. The second-order valence-electron chi connectivity index (χ2n) is 8.24. The molecular formula is C25H21F3N6O3S. The van der Waals surface area contributed by atoms with Crippen molar-refractivity contribution in [1.29, 1.82) is 0 Å². The number of pyridine rings is 2. The third kappa shape index (κ3) is 5.64. The van der Waals surface area contributed by atoms with Gasteiger partial charge >= 0.3 is 6.18 Å². The molecule has 4 aromatic rings. The molecular weight excluding hydrogens is 521 g/mol. The first-order chi connectivity index (χ1) is 18.3. The van der Waals surface area contributed by atoms with Gasteiger partial charge in [0.15, 0.2) is 0 Å². The Morgan fingerprint density at radius 3 is 2.53 bits per heavy atom. The van der Waals surface area contributed by atoms with Crippen LogP contribution in [0.5, 0.6) is 0 Å². The van der Waals surface area contributed by atoms with Gasteiger partial charge in [-0.25, -0.2) is 18.2 Å². The summed E-state index contributed by atoms with van der Waals surface area (Å²) in [6, 6.07) is 13.3. The van der Waals surface area contributed by atoms with E-state index in [0.29, 0.717) is 36.8 Å². The molecule has 9 nitrogen and oxygen atoms in total. The van der Waals surface area contributed by atoms with Crippen LogP contribution in [0.2, 0.25) is 0 Å². The lowest BCUT2D eigenvalue weighted by molar-refractivity contribution is -0.142. The van der Waals surface area contributed by atoms with Gasteiger partial charge in [-0.1, -0.05) is 6.07 Å². The number of aromatic nitrogens is 4. The van der Waals surface area contributed by atoms with Gasteiger partial charge in [-0.15, -0.1) is 0 Å². The van der Waals surface area contributed by atoms with Gasteiger partial charge < -0.3 is 10.1 Å². The fraction of sp³-hybridized carbons (Fsp3) is 0.200. The van der Waals surface area contributed by atoms with E-state index in [1.807, 2.05) is 0 Å². The van der Waals surface area contributed by atoms with Crippen molar-refractivity contribution >= 4 is 22.7 Å². The number of carbonyl (C=O) groups is 1. The third-order valence-electron chi connectivity index (χ3n) is 5.69. The number of anilines is 1. The first-order valence-electron chi connectivity index (χ1n) is 11.5. The second kappa shape index (κ2) is 10.8. The van der Waals surface area contributed by atoms with Crippen molar-refractivity contribution in [2.24, 2.45) is 0 Å².